The van der Waals surface area contributed by atoms with Crippen molar-refractivity contribution < 1.29 is 14.3 Å². The van der Waals surface area contributed by atoms with Gasteiger partial charge in [0.2, 0.25) is 0 Å². The number of thioether (sulfide) groups is 1. The summed E-state index contributed by atoms with van der Waals surface area (Å²) in [4.78, 5) is 9.18. The Kier molecular flexibility index (Phi) is 9.46. The lowest BCUT2D eigenvalue weighted by atomic mass is 10.1. The molecule has 0 N–H and O–H groups in total. The molecule has 0 heterocycles. The van der Waals surface area contributed by atoms with Crippen LogP contribution in [0.25, 0.3) is 0 Å². The van der Waals surface area contributed by atoms with Gasteiger partial charge in [-0.3, -0.25) is 4.79 Å². The number of carbonyl (C=O) groups is 1. The number of rotatable bonds is 6. The molecule has 21 heavy (non-hydrogen) atoms. The van der Waals surface area contributed by atoms with E-state index < -0.39 is 0 Å². The fourth-order valence-corrected chi connectivity index (χ4v) is 3.07. The predicted octanol–water partition coefficient (Wildman–Crippen LogP) is 4.22. The fraction of sp³-hybridized carbons (Fsp3) is 0.471. The van der Waals surface area contributed by atoms with Crippen molar-refractivity contribution >= 4 is 18.2 Å². The number of benzene rings is 1. The van der Waals surface area contributed by atoms with Gasteiger partial charge in [-0.15, -0.1) is 11.8 Å². The highest BCUT2D eigenvalue weighted by Crippen LogP contribution is 2.26. The van der Waals surface area contributed by atoms with Crippen LogP contribution in [0, 0.1) is 0 Å². The van der Waals surface area contributed by atoms with Crippen molar-refractivity contribution in [1.29, 1.82) is 0 Å². The Hall–Kier alpha value is -1.42. The zero-order valence-electron chi connectivity index (χ0n) is 12.8. The molecular weight excluding hydrogens is 284 g/mol. The maximum absolute atomic E-state index is 9.18. The monoisotopic (exact) mass is 308 g/mol. The number of carbonyl (C=O) groups excluding carboxylic acids is 1. The van der Waals surface area contributed by atoms with Crippen molar-refractivity contribution in [2.24, 2.45) is 0 Å². The van der Waals surface area contributed by atoms with Gasteiger partial charge in [0.05, 0.1) is 13.7 Å². The van der Waals surface area contributed by atoms with Gasteiger partial charge in [-0.05, 0) is 43.9 Å². The Morgan fingerprint density at radius 3 is 2.57 bits per heavy atom. The van der Waals surface area contributed by atoms with Gasteiger partial charge in [0.1, 0.15) is 5.75 Å². The molecule has 0 radical (unpaired) electrons. The van der Waals surface area contributed by atoms with Gasteiger partial charge >= 0.3 is 0 Å². The molecule has 0 saturated carbocycles. The first-order valence-electron chi connectivity index (χ1n) is 7.26. The van der Waals surface area contributed by atoms with Crippen LogP contribution in [0.4, 0.5) is 0 Å². The zero-order chi connectivity index (χ0) is 15.3. The molecule has 0 saturated heterocycles. The van der Waals surface area contributed by atoms with Crippen LogP contribution in [0.2, 0.25) is 0 Å². The lowest BCUT2D eigenvalue weighted by Crippen LogP contribution is -2.02. The van der Waals surface area contributed by atoms with E-state index in [4.69, 9.17) is 4.74 Å². The van der Waals surface area contributed by atoms with E-state index in [1.165, 1.54) is 24.8 Å². The van der Waals surface area contributed by atoms with Gasteiger partial charge in [-0.1, -0.05) is 24.3 Å². The Labute approximate surface area is 131 Å². The molecule has 4 heteroatoms. The van der Waals surface area contributed by atoms with Gasteiger partial charge in [0.25, 0.3) is 6.47 Å². The molecule has 0 aromatic heterocycles. The second-order valence-electron chi connectivity index (χ2n) is 4.61. The predicted molar refractivity (Wildman–Crippen MR) is 88.8 cm³/mol. The Morgan fingerprint density at radius 1 is 1.33 bits per heavy atom. The molecule has 2 rings (SSSR count). The molecule has 0 amide bonds. The molecular formula is C17H24O3S. The molecule has 1 aromatic rings. The van der Waals surface area contributed by atoms with E-state index in [1.807, 2.05) is 23.9 Å². The van der Waals surface area contributed by atoms with E-state index in [0.717, 1.165) is 16.8 Å². The highest BCUT2D eigenvalue weighted by atomic mass is 32.2. The van der Waals surface area contributed by atoms with E-state index in [-0.39, 0.29) is 0 Å². The van der Waals surface area contributed by atoms with E-state index in [0.29, 0.717) is 13.1 Å². The summed E-state index contributed by atoms with van der Waals surface area (Å²) in [6.45, 7) is 2.66. The van der Waals surface area contributed by atoms with Gasteiger partial charge in [0.15, 0.2) is 0 Å². The average molecular weight is 308 g/mol. The molecule has 3 nitrogen and oxygen atoms in total. The molecule has 0 spiro atoms. The van der Waals surface area contributed by atoms with Crippen molar-refractivity contribution in [2.75, 3.05) is 13.7 Å². The second-order valence-corrected chi connectivity index (χ2v) is 5.84. The van der Waals surface area contributed by atoms with Gasteiger partial charge in [-0.2, -0.15) is 0 Å². The molecule has 0 bridgehead atoms. The topological polar surface area (TPSA) is 35.5 Å². The summed E-state index contributed by atoms with van der Waals surface area (Å²) >= 11 is 2.04. The second kappa shape index (κ2) is 11.3. The molecule has 116 valence electrons. The van der Waals surface area contributed by atoms with Crippen LogP contribution in [0.5, 0.6) is 5.75 Å². The number of allylic oxidation sites excluding steroid dienone is 1. The zero-order valence-corrected chi connectivity index (χ0v) is 13.6. The smallest absolute Gasteiger partial charge is 0.293 e. The lowest BCUT2D eigenvalue weighted by molar-refractivity contribution is -0.128. The minimum atomic E-state index is 0.431. The summed E-state index contributed by atoms with van der Waals surface area (Å²) in [5, 5.41) is 0.718. The van der Waals surface area contributed by atoms with Crippen molar-refractivity contribution in [3.8, 4) is 5.75 Å². The maximum atomic E-state index is 9.18. The van der Waals surface area contributed by atoms with Crippen LogP contribution in [0.15, 0.2) is 36.4 Å². The van der Waals surface area contributed by atoms with Crippen molar-refractivity contribution in [2.45, 2.75) is 37.2 Å². The fourth-order valence-electron chi connectivity index (χ4n) is 1.91. The van der Waals surface area contributed by atoms with E-state index in [9.17, 15) is 4.79 Å². The molecule has 0 aliphatic heterocycles. The van der Waals surface area contributed by atoms with Crippen molar-refractivity contribution in [3.05, 3.63) is 42.0 Å². The van der Waals surface area contributed by atoms with Gasteiger partial charge in [-0.25, -0.2) is 0 Å². The Bertz CT molecular complexity index is 415. The summed E-state index contributed by atoms with van der Waals surface area (Å²) < 4.78 is 9.30. The number of hydrogen-bond acceptors (Lipinski definition) is 4. The number of hydrogen-bond donors (Lipinski definition) is 0. The van der Waals surface area contributed by atoms with Crippen molar-refractivity contribution in [1.82, 2.24) is 0 Å². The first kappa shape index (κ1) is 17.6. The van der Waals surface area contributed by atoms with E-state index in [1.54, 1.807) is 14.0 Å². The summed E-state index contributed by atoms with van der Waals surface area (Å²) in [6.07, 6.45) is 8.61. The van der Waals surface area contributed by atoms with E-state index >= 15 is 0 Å². The molecule has 1 aromatic carbocycles. The highest BCUT2D eigenvalue weighted by molar-refractivity contribution is 7.99. The maximum Gasteiger partial charge on any atom is 0.293 e. The van der Waals surface area contributed by atoms with Crippen LogP contribution < -0.4 is 4.74 Å². The lowest BCUT2D eigenvalue weighted by Gasteiger charge is -2.15. The largest absolute Gasteiger partial charge is 0.497 e. The molecule has 1 atom stereocenters. The number of methoxy groups -OCH3 is 1. The third-order valence-corrected chi connectivity index (χ3v) is 4.39. The molecule has 1 unspecified atom stereocenters. The normalized spacial score (nSPS) is 16.6. The SMILES string of the molecule is CCOC=O.COc1ccc(CSC2C=CCCC2)cc1. The van der Waals surface area contributed by atoms with Crippen molar-refractivity contribution in [3.63, 3.8) is 0 Å². The summed E-state index contributed by atoms with van der Waals surface area (Å²) in [5.74, 6) is 2.03. The molecule has 1 aliphatic carbocycles. The third-order valence-electron chi connectivity index (χ3n) is 3.07. The Morgan fingerprint density at radius 2 is 2.10 bits per heavy atom. The number of ether oxygens (including phenoxy) is 2. The van der Waals surface area contributed by atoms with Crippen LogP contribution in [0.1, 0.15) is 31.7 Å². The summed E-state index contributed by atoms with van der Waals surface area (Å²) in [7, 11) is 1.70. The minimum Gasteiger partial charge on any atom is -0.497 e. The highest BCUT2D eigenvalue weighted by Gasteiger charge is 2.08. The van der Waals surface area contributed by atoms with Gasteiger partial charge in [0, 0.05) is 11.0 Å². The molecule has 1 aliphatic rings. The van der Waals surface area contributed by atoms with Crippen LogP contribution in [0.3, 0.4) is 0 Å². The molecule has 0 fully saturated rings. The Balaban J connectivity index is 0.000000383. The van der Waals surface area contributed by atoms with E-state index in [2.05, 4.69) is 29.0 Å². The van der Waals surface area contributed by atoms with Crippen LogP contribution >= 0.6 is 11.8 Å². The first-order chi connectivity index (χ1) is 10.3. The van der Waals surface area contributed by atoms with Crippen LogP contribution in [-0.4, -0.2) is 25.4 Å². The van der Waals surface area contributed by atoms with Crippen LogP contribution in [-0.2, 0) is 15.3 Å². The summed E-state index contributed by atoms with van der Waals surface area (Å²) in [6, 6.07) is 8.37. The third kappa shape index (κ3) is 7.81. The minimum absolute atomic E-state index is 0.431. The summed E-state index contributed by atoms with van der Waals surface area (Å²) in [5.41, 5.74) is 1.38. The quantitative estimate of drug-likeness (QED) is 0.582. The average Bonchev–Trinajstić information content (AvgIpc) is 2.56. The first-order valence-corrected chi connectivity index (χ1v) is 8.31. The van der Waals surface area contributed by atoms with Gasteiger partial charge < -0.3 is 9.47 Å². The standard InChI is InChI=1S/C14H18OS.C3H6O2/c1-15-13-9-7-12(8-10-13)11-16-14-5-3-2-4-6-14;1-2-5-3-4/h3,5,7-10,14H,2,4,6,11H2,1H3;3H,2H2,1H3.